The van der Waals surface area contributed by atoms with Gasteiger partial charge in [0, 0.05) is 10.0 Å². The molecule has 0 spiro atoms. The predicted molar refractivity (Wildman–Crippen MR) is 115 cm³/mol. The fourth-order valence-corrected chi connectivity index (χ4v) is 3.16. The summed E-state index contributed by atoms with van der Waals surface area (Å²) in [6.45, 7) is 4.11. The minimum absolute atomic E-state index is 0.176. The Kier molecular flexibility index (Phi) is 6.68. The maximum Gasteiger partial charge on any atom is 0.328 e. The van der Waals surface area contributed by atoms with Crippen molar-refractivity contribution in [3.05, 3.63) is 75.8 Å². The normalized spacial score (nSPS) is 13.4. The molecule has 4 amide bonds. The monoisotopic (exact) mass is 470 g/mol. The van der Waals surface area contributed by atoms with Crippen LogP contribution in [0.4, 0.5) is 4.79 Å². The van der Waals surface area contributed by atoms with Crippen LogP contribution >= 0.6 is 15.9 Å². The molecule has 2 aromatic carbocycles. The molecule has 3 rings (SSSR count). The highest BCUT2D eigenvalue weighted by Crippen LogP contribution is 2.35. The molecule has 2 aromatic rings. The quantitative estimate of drug-likeness (QED) is 0.366. The Hall–Kier alpha value is -3.39. The van der Waals surface area contributed by atoms with Crippen molar-refractivity contribution < 1.29 is 23.9 Å². The number of nitrogens with one attached hydrogen (secondary N) is 2. The van der Waals surface area contributed by atoms with Crippen LogP contribution in [0.25, 0.3) is 6.08 Å². The third-order valence-electron chi connectivity index (χ3n) is 4.29. The Labute approximate surface area is 181 Å². The molecule has 0 unspecified atom stereocenters. The second-order valence-corrected chi connectivity index (χ2v) is 7.33. The number of ether oxygens (including phenoxy) is 2. The SMILES string of the molecule is C=CCc1cc(C=C2C(=O)NC(=O)NC2=O)cc(OC)c1OCc1ccc(Br)cc1. The highest BCUT2D eigenvalue weighted by atomic mass is 79.9. The van der Waals surface area contributed by atoms with E-state index in [4.69, 9.17) is 9.47 Å². The van der Waals surface area contributed by atoms with E-state index in [1.54, 1.807) is 18.2 Å². The van der Waals surface area contributed by atoms with Gasteiger partial charge in [-0.1, -0.05) is 34.1 Å². The van der Waals surface area contributed by atoms with Gasteiger partial charge >= 0.3 is 6.03 Å². The molecule has 0 saturated carbocycles. The number of rotatable bonds is 7. The molecule has 1 fully saturated rings. The highest BCUT2D eigenvalue weighted by molar-refractivity contribution is 9.10. The van der Waals surface area contributed by atoms with Crippen LogP contribution in [0.3, 0.4) is 0 Å². The van der Waals surface area contributed by atoms with E-state index in [0.717, 1.165) is 15.6 Å². The second kappa shape index (κ2) is 9.41. The predicted octanol–water partition coefficient (Wildman–Crippen LogP) is 3.51. The standard InChI is InChI=1S/C22H19BrN2O5/c1-3-4-15-9-14(10-17-20(26)24-22(28)25-21(17)27)11-18(29-2)19(15)30-12-13-5-7-16(23)8-6-13/h3,5-11H,1,4,12H2,2H3,(H2,24,25,26,27,28). The fraction of sp³-hybridized carbons (Fsp3) is 0.136. The van der Waals surface area contributed by atoms with Crippen LogP contribution in [0.2, 0.25) is 0 Å². The molecule has 0 aliphatic carbocycles. The van der Waals surface area contributed by atoms with Gasteiger partial charge in [0.2, 0.25) is 0 Å². The van der Waals surface area contributed by atoms with E-state index in [1.807, 2.05) is 34.9 Å². The smallest absolute Gasteiger partial charge is 0.328 e. The minimum Gasteiger partial charge on any atom is -0.493 e. The topological polar surface area (TPSA) is 93.7 Å². The summed E-state index contributed by atoms with van der Waals surface area (Å²) >= 11 is 3.40. The summed E-state index contributed by atoms with van der Waals surface area (Å²) in [4.78, 5) is 35.2. The van der Waals surface area contributed by atoms with Crippen LogP contribution in [0.5, 0.6) is 11.5 Å². The molecule has 7 nitrogen and oxygen atoms in total. The molecule has 1 saturated heterocycles. The van der Waals surface area contributed by atoms with Gasteiger partial charge in [0.25, 0.3) is 11.8 Å². The van der Waals surface area contributed by atoms with Crippen LogP contribution in [-0.2, 0) is 22.6 Å². The lowest BCUT2D eigenvalue weighted by molar-refractivity contribution is -0.123. The number of carbonyl (C=O) groups is 3. The summed E-state index contributed by atoms with van der Waals surface area (Å²) in [7, 11) is 1.51. The number of methoxy groups -OCH3 is 1. The van der Waals surface area contributed by atoms with Gasteiger partial charge in [-0.05, 0) is 47.9 Å². The van der Waals surface area contributed by atoms with Crippen molar-refractivity contribution in [3.8, 4) is 11.5 Å². The molecule has 1 aliphatic rings. The molecule has 30 heavy (non-hydrogen) atoms. The third kappa shape index (κ3) is 4.96. The molecular formula is C22H19BrN2O5. The van der Waals surface area contributed by atoms with Crippen molar-refractivity contribution in [2.75, 3.05) is 7.11 Å². The van der Waals surface area contributed by atoms with Gasteiger partial charge in [0.15, 0.2) is 11.5 Å². The van der Waals surface area contributed by atoms with Crippen molar-refractivity contribution in [2.45, 2.75) is 13.0 Å². The first-order valence-electron chi connectivity index (χ1n) is 8.98. The maximum absolute atomic E-state index is 12.0. The molecule has 0 bridgehead atoms. The number of carbonyl (C=O) groups excluding carboxylic acids is 3. The zero-order chi connectivity index (χ0) is 21.7. The van der Waals surface area contributed by atoms with Crippen LogP contribution < -0.4 is 20.1 Å². The zero-order valence-corrected chi connectivity index (χ0v) is 17.7. The zero-order valence-electron chi connectivity index (χ0n) is 16.2. The van der Waals surface area contributed by atoms with Crippen LogP contribution in [0, 0.1) is 0 Å². The van der Waals surface area contributed by atoms with Gasteiger partial charge in [-0.25, -0.2) is 4.79 Å². The Morgan fingerprint density at radius 1 is 1.07 bits per heavy atom. The first-order chi connectivity index (χ1) is 14.4. The van der Waals surface area contributed by atoms with Crippen LogP contribution in [0.15, 0.2) is 59.1 Å². The molecule has 1 aliphatic heterocycles. The molecule has 154 valence electrons. The molecule has 8 heteroatoms. The van der Waals surface area contributed by atoms with E-state index >= 15 is 0 Å². The van der Waals surface area contributed by atoms with Crippen molar-refractivity contribution in [1.82, 2.24) is 10.6 Å². The lowest BCUT2D eigenvalue weighted by Crippen LogP contribution is -2.51. The van der Waals surface area contributed by atoms with Gasteiger partial charge in [-0.2, -0.15) is 0 Å². The van der Waals surface area contributed by atoms with Crippen molar-refractivity contribution in [3.63, 3.8) is 0 Å². The number of halogens is 1. The Morgan fingerprint density at radius 2 is 1.73 bits per heavy atom. The average Bonchev–Trinajstić information content (AvgIpc) is 2.71. The van der Waals surface area contributed by atoms with Crippen LogP contribution in [-0.4, -0.2) is 25.0 Å². The van der Waals surface area contributed by atoms with E-state index < -0.39 is 17.8 Å². The van der Waals surface area contributed by atoms with Crippen LogP contribution in [0.1, 0.15) is 16.7 Å². The van der Waals surface area contributed by atoms with Gasteiger partial charge in [-0.3, -0.25) is 20.2 Å². The lowest BCUT2D eigenvalue weighted by Gasteiger charge is -2.17. The van der Waals surface area contributed by atoms with Gasteiger partial charge < -0.3 is 9.47 Å². The van der Waals surface area contributed by atoms with Crippen molar-refractivity contribution in [2.24, 2.45) is 0 Å². The fourth-order valence-electron chi connectivity index (χ4n) is 2.90. The molecular weight excluding hydrogens is 452 g/mol. The number of hydrogen-bond donors (Lipinski definition) is 2. The van der Waals surface area contributed by atoms with Gasteiger partial charge in [0.05, 0.1) is 7.11 Å². The Balaban J connectivity index is 1.94. The summed E-state index contributed by atoms with van der Waals surface area (Å²) in [5.41, 5.74) is 2.14. The van der Waals surface area contributed by atoms with Gasteiger partial charge in [0.1, 0.15) is 12.2 Å². The van der Waals surface area contributed by atoms with Crippen molar-refractivity contribution in [1.29, 1.82) is 0 Å². The largest absolute Gasteiger partial charge is 0.493 e. The first-order valence-corrected chi connectivity index (χ1v) is 9.78. The summed E-state index contributed by atoms with van der Waals surface area (Å²) in [5.74, 6) is -0.520. The van der Waals surface area contributed by atoms with E-state index in [0.29, 0.717) is 30.1 Å². The van der Waals surface area contributed by atoms with E-state index in [9.17, 15) is 14.4 Å². The minimum atomic E-state index is -0.844. The summed E-state index contributed by atoms with van der Waals surface area (Å²) in [5, 5.41) is 4.10. The number of imide groups is 2. The van der Waals surface area contributed by atoms with Crippen molar-refractivity contribution >= 4 is 39.9 Å². The molecule has 2 N–H and O–H groups in total. The number of amides is 4. The molecule has 0 radical (unpaired) electrons. The summed E-state index contributed by atoms with van der Waals surface area (Å²) in [6.07, 6.45) is 3.60. The molecule has 0 aromatic heterocycles. The van der Waals surface area contributed by atoms with E-state index in [-0.39, 0.29) is 5.57 Å². The third-order valence-corrected chi connectivity index (χ3v) is 4.82. The van der Waals surface area contributed by atoms with E-state index in [2.05, 4.69) is 22.5 Å². The average molecular weight is 471 g/mol. The number of allylic oxidation sites excluding steroid dienone is 1. The number of hydrogen-bond acceptors (Lipinski definition) is 5. The number of urea groups is 1. The number of benzene rings is 2. The highest BCUT2D eigenvalue weighted by Gasteiger charge is 2.28. The molecule has 1 heterocycles. The lowest BCUT2D eigenvalue weighted by atomic mass is 10.0. The number of barbiturate groups is 1. The summed E-state index contributed by atoms with van der Waals surface area (Å²) < 4.78 is 12.5. The Morgan fingerprint density at radius 3 is 2.33 bits per heavy atom. The Bertz CT molecular complexity index is 1020. The summed E-state index contributed by atoms with van der Waals surface area (Å²) in [6, 6.07) is 10.4. The second-order valence-electron chi connectivity index (χ2n) is 6.41. The first kappa shape index (κ1) is 21.3. The van der Waals surface area contributed by atoms with Gasteiger partial charge in [-0.15, -0.1) is 6.58 Å². The van der Waals surface area contributed by atoms with E-state index in [1.165, 1.54) is 13.2 Å². The maximum atomic E-state index is 12.0. The molecule has 0 atom stereocenters.